The number of hydrogen-bond donors (Lipinski definition) is 2. The Bertz CT molecular complexity index is 470. The predicted molar refractivity (Wildman–Crippen MR) is 96.1 cm³/mol. The fraction of sp³-hybridized carbons (Fsp3) is 0.611. The first-order valence-electron chi connectivity index (χ1n) is 8.30. The summed E-state index contributed by atoms with van der Waals surface area (Å²) in [5.74, 6) is 0.936. The summed E-state index contributed by atoms with van der Waals surface area (Å²) in [4.78, 5) is 12.1. The molecule has 0 atom stereocenters. The van der Waals surface area contributed by atoms with Crippen LogP contribution in [0, 0.1) is 12.3 Å². The summed E-state index contributed by atoms with van der Waals surface area (Å²) in [6.07, 6.45) is 6.37. The lowest BCUT2D eigenvalue weighted by molar-refractivity contribution is -0.124. The Morgan fingerprint density at radius 1 is 1.22 bits per heavy atom. The zero-order valence-corrected chi connectivity index (χ0v) is 14.8. The van der Waals surface area contributed by atoms with Crippen LogP contribution in [0.15, 0.2) is 24.3 Å². The van der Waals surface area contributed by atoms with Crippen LogP contribution in [0.4, 0.5) is 0 Å². The minimum atomic E-state index is 0. The van der Waals surface area contributed by atoms with E-state index < -0.39 is 0 Å². The molecular formula is C18H29ClN2O2. The van der Waals surface area contributed by atoms with Gasteiger partial charge in [-0.05, 0) is 43.9 Å². The first kappa shape index (κ1) is 19.8. The monoisotopic (exact) mass is 340 g/mol. The van der Waals surface area contributed by atoms with Gasteiger partial charge in [0.15, 0.2) is 0 Å². The van der Waals surface area contributed by atoms with Crippen LogP contribution in [0.5, 0.6) is 5.75 Å². The minimum absolute atomic E-state index is 0. The Labute approximate surface area is 145 Å². The van der Waals surface area contributed by atoms with Gasteiger partial charge in [0, 0.05) is 6.42 Å². The molecule has 1 fully saturated rings. The maximum absolute atomic E-state index is 12.1. The van der Waals surface area contributed by atoms with Gasteiger partial charge in [-0.25, -0.2) is 0 Å². The van der Waals surface area contributed by atoms with Crippen molar-refractivity contribution in [2.45, 2.75) is 45.4 Å². The van der Waals surface area contributed by atoms with Crippen molar-refractivity contribution in [1.29, 1.82) is 0 Å². The average molecular weight is 341 g/mol. The summed E-state index contributed by atoms with van der Waals surface area (Å²) in [5.41, 5.74) is 7.16. The summed E-state index contributed by atoms with van der Waals surface area (Å²) >= 11 is 0. The molecule has 1 aliphatic rings. The van der Waals surface area contributed by atoms with Crippen molar-refractivity contribution in [3.63, 3.8) is 0 Å². The molecule has 23 heavy (non-hydrogen) atoms. The summed E-state index contributed by atoms with van der Waals surface area (Å²) in [6.45, 7) is 3.68. The first-order chi connectivity index (χ1) is 10.6. The lowest BCUT2D eigenvalue weighted by Crippen LogP contribution is -2.39. The van der Waals surface area contributed by atoms with Crippen molar-refractivity contribution in [3.8, 4) is 5.75 Å². The molecule has 0 heterocycles. The Hall–Kier alpha value is -1.26. The van der Waals surface area contributed by atoms with Crippen LogP contribution in [0.2, 0.25) is 0 Å². The van der Waals surface area contributed by atoms with Gasteiger partial charge in [-0.3, -0.25) is 4.79 Å². The van der Waals surface area contributed by atoms with Crippen molar-refractivity contribution in [1.82, 2.24) is 5.32 Å². The van der Waals surface area contributed by atoms with E-state index in [2.05, 4.69) is 5.32 Å². The SMILES string of the molecule is Cc1ccc(OCCNC(=O)CC2(CN)CCCCC2)cc1.Cl. The van der Waals surface area contributed by atoms with E-state index in [1.54, 1.807) is 0 Å². The van der Waals surface area contributed by atoms with E-state index in [1.165, 1.54) is 24.8 Å². The molecule has 5 heteroatoms. The Morgan fingerprint density at radius 3 is 2.48 bits per heavy atom. The smallest absolute Gasteiger partial charge is 0.220 e. The highest BCUT2D eigenvalue weighted by atomic mass is 35.5. The molecule has 2 rings (SSSR count). The molecule has 0 aliphatic heterocycles. The number of carbonyl (C=O) groups is 1. The Balaban J connectivity index is 0.00000264. The molecule has 0 unspecified atom stereocenters. The number of ether oxygens (including phenoxy) is 1. The number of aryl methyl sites for hydroxylation is 1. The molecule has 1 amide bonds. The summed E-state index contributed by atoms with van der Waals surface area (Å²) in [5, 5.41) is 2.95. The number of benzene rings is 1. The third-order valence-corrected chi connectivity index (χ3v) is 4.60. The van der Waals surface area contributed by atoms with Gasteiger partial charge in [0.25, 0.3) is 0 Å². The molecule has 0 spiro atoms. The van der Waals surface area contributed by atoms with Crippen LogP contribution >= 0.6 is 12.4 Å². The molecule has 0 saturated heterocycles. The molecule has 1 aliphatic carbocycles. The normalized spacial score (nSPS) is 16.3. The van der Waals surface area contributed by atoms with E-state index in [-0.39, 0.29) is 23.7 Å². The van der Waals surface area contributed by atoms with Gasteiger partial charge < -0.3 is 15.8 Å². The highest BCUT2D eigenvalue weighted by Crippen LogP contribution is 2.38. The van der Waals surface area contributed by atoms with Gasteiger partial charge in [0.2, 0.25) is 5.91 Å². The topological polar surface area (TPSA) is 64.3 Å². The predicted octanol–water partition coefficient (Wildman–Crippen LogP) is 3.21. The Kier molecular flexibility index (Phi) is 8.42. The van der Waals surface area contributed by atoms with E-state index in [9.17, 15) is 4.79 Å². The van der Waals surface area contributed by atoms with Gasteiger partial charge in [-0.2, -0.15) is 0 Å². The summed E-state index contributed by atoms with van der Waals surface area (Å²) in [7, 11) is 0. The molecule has 0 radical (unpaired) electrons. The Morgan fingerprint density at radius 2 is 1.87 bits per heavy atom. The molecule has 3 N–H and O–H groups in total. The van der Waals surface area contributed by atoms with E-state index in [1.807, 2.05) is 31.2 Å². The number of nitrogens with one attached hydrogen (secondary N) is 1. The molecule has 1 saturated carbocycles. The van der Waals surface area contributed by atoms with Crippen LogP contribution < -0.4 is 15.8 Å². The van der Waals surface area contributed by atoms with E-state index in [0.29, 0.717) is 26.1 Å². The molecule has 1 aromatic carbocycles. The molecule has 0 bridgehead atoms. The molecular weight excluding hydrogens is 312 g/mol. The number of halogens is 1. The second kappa shape index (κ2) is 9.78. The van der Waals surface area contributed by atoms with Crippen molar-refractivity contribution in [2.24, 2.45) is 11.1 Å². The molecule has 1 aromatic rings. The van der Waals surface area contributed by atoms with Crippen molar-refractivity contribution in [2.75, 3.05) is 19.7 Å². The maximum atomic E-state index is 12.1. The molecule has 4 nitrogen and oxygen atoms in total. The second-order valence-electron chi connectivity index (χ2n) is 6.45. The minimum Gasteiger partial charge on any atom is -0.492 e. The third-order valence-electron chi connectivity index (χ3n) is 4.60. The quantitative estimate of drug-likeness (QED) is 0.749. The number of rotatable bonds is 7. The fourth-order valence-electron chi connectivity index (χ4n) is 3.15. The van der Waals surface area contributed by atoms with Gasteiger partial charge in [-0.15, -0.1) is 12.4 Å². The highest BCUT2D eigenvalue weighted by Gasteiger charge is 2.32. The summed E-state index contributed by atoms with van der Waals surface area (Å²) < 4.78 is 5.61. The zero-order valence-electron chi connectivity index (χ0n) is 14.0. The third kappa shape index (κ3) is 6.40. The highest BCUT2D eigenvalue weighted by molar-refractivity contribution is 5.85. The summed E-state index contributed by atoms with van der Waals surface area (Å²) in [6, 6.07) is 7.93. The van der Waals surface area contributed by atoms with Crippen molar-refractivity contribution < 1.29 is 9.53 Å². The second-order valence-corrected chi connectivity index (χ2v) is 6.45. The van der Waals surface area contributed by atoms with Crippen LogP contribution in [0.25, 0.3) is 0 Å². The molecule has 130 valence electrons. The van der Waals surface area contributed by atoms with E-state index >= 15 is 0 Å². The van der Waals surface area contributed by atoms with Crippen molar-refractivity contribution >= 4 is 18.3 Å². The number of hydrogen-bond acceptors (Lipinski definition) is 3. The van der Waals surface area contributed by atoms with Crippen LogP contribution in [0.1, 0.15) is 44.1 Å². The van der Waals surface area contributed by atoms with E-state index in [0.717, 1.165) is 18.6 Å². The zero-order chi connectivity index (χ0) is 15.8. The van der Waals surface area contributed by atoms with Crippen LogP contribution in [-0.2, 0) is 4.79 Å². The maximum Gasteiger partial charge on any atom is 0.220 e. The van der Waals surface area contributed by atoms with Crippen LogP contribution in [0.3, 0.4) is 0 Å². The van der Waals surface area contributed by atoms with Gasteiger partial charge in [0.1, 0.15) is 12.4 Å². The van der Waals surface area contributed by atoms with Gasteiger partial charge in [0.05, 0.1) is 6.54 Å². The lowest BCUT2D eigenvalue weighted by Gasteiger charge is -2.35. The van der Waals surface area contributed by atoms with Crippen molar-refractivity contribution in [3.05, 3.63) is 29.8 Å². The van der Waals surface area contributed by atoms with Gasteiger partial charge >= 0.3 is 0 Å². The number of amides is 1. The lowest BCUT2D eigenvalue weighted by atomic mass is 9.72. The largest absolute Gasteiger partial charge is 0.492 e. The van der Waals surface area contributed by atoms with Gasteiger partial charge in [-0.1, -0.05) is 37.0 Å². The first-order valence-corrected chi connectivity index (χ1v) is 8.30. The van der Waals surface area contributed by atoms with E-state index in [4.69, 9.17) is 10.5 Å². The average Bonchev–Trinajstić information content (AvgIpc) is 2.54. The molecule has 0 aromatic heterocycles. The fourth-order valence-corrected chi connectivity index (χ4v) is 3.15. The number of carbonyl (C=O) groups excluding carboxylic acids is 1. The number of nitrogens with two attached hydrogens (primary N) is 1. The standard InChI is InChI=1S/C18H28N2O2.ClH/c1-15-5-7-16(8-6-15)22-12-11-20-17(21)13-18(14-19)9-3-2-4-10-18;/h5-8H,2-4,9-14,19H2,1H3,(H,20,21);1H. The van der Waals surface area contributed by atoms with Crippen LogP contribution in [-0.4, -0.2) is 25.6 Å².